The van der Waals surface area contributed by atoms with Crippen molar-refractivity contribution in [3.05, 3.63) is 16.6 Å². The van der Waals surface area contributed by atoms with E-state index in [1.165, 1.54) is 11.3 Å². The molecule has 1 aliphatic rings. The second-order valence-corrected chi connectivity index (χ2v) is 7.57. The van der Waals surface area contributed by atoms with Gasteiger partial charge in [-0.1, -0.05) is 20.8 Å². The second-order valence-electron chi connectivity index (χ2n) is 6.54. The van der Waals surface area contributed by atoms with E-state index in [2.05, 4.69) is 36.5 Å². The van der Waals surface area contributed by atoms with E-state index < -0.39 is 0 Å². The number of piperidine rings is 1. The zero-order valence-electron chi connectivity index (χ0n) is 13.6. The van der Waals surface area contributed by atoms with Gasteiger partial charge in [0.15, 0.2) is 0 Å². The summed E-state index contributed by atoms with van der Waals surface area (Å²) < 4.78 is 1.89. The molecule has 5 nitrogen and oxygen atoms in total. The molecule has 1 fully saturated rings. The summed E-state index contributed by atoms with van der Waals surface area (Å²) in [6.07, 6.45) is 1.11. The average molecular weight is 320 g/mol. The van der Waals surface area contributed by atoms with E-state index in [4.69, 9.17) is 0 Å². The Labute approximate surface area is 135 Å². The number of aromatic nitrogens is 2. The van der Waals surface area contributed by atoms with Gasteiger partial charge < -0.3 is 10.6 Å². The molecule has 0 aromatic carbocycles. The van der Waals surface area contributed by atoms with Crippen molar-refractivity contribution in [2.24, 2.45) is 13.0 Å². The van der Waals surface area contributed by atoms with Crippen LogP contribution in [0.25, 0.3) is 10.2 Å². The molecule has 0 bridgehead atoms. The van der Waals surface area contributed by atoms with Crippen molar-refractivity contribution in [2.75, 3.05) is 13.1 Å². The number of carbonyl (C=O) groups excluding carboxylic acids is 1. The van der Waals surface area contributed by atoms with Crippen molar-refractivity contribution in [2.45, 2.75) is 39.2 Å². The number of nitrogens with one attached hydrogen (secondary N) is 2. The highest BCUT2D eigenvalue weighted by molar-refractivity contribution is 7.20. The molecule has 0 radical (unpaired) electrons. The van der Waals surface area contributed by atoms with Crippen LogP contribution in [0.5, 0.6) is 0 Å². The van der Waals surface area contributed by atoms with E-state index in [0.717, 1.165) is 40.3 Å². The van der Waals surface area contributed by atoms with Crippen molar-refractivity contribution in [3.63, 3.8) is 0 Å². The summed E-state index contributed by atoms with van der Waals surface area (Å²) >= 11 is 1.53. The lowest BCUT2D eigenvalue weighted by Gasteiger charge is -2.30. The van der Waals surface area contributed by atoms with Crippen molar-refractivity contribution >= 4 is 27.5 Å². The molecule has 6 heteroatoms. The van der Waals surface area contributed by atoms with E-state index in [0.29, 0.717) is 11.8 Å². The minimum Gasteiger partial charge on any atom is -0.347 e. The highest BCUT2D eigenvalue weighted by Crippen LogP contribution is 2.31. The number of thiophene rings is 1. The van der Waals surface area contributed by atoms with Crippen LogP contribution in [0, 0.1) is 5.92 Å². The molecule has 0 spiro atoms. The highest BCUT2D eigenvalue weighted by Gasteiger charge is 2.25. The van der Waals surface area contributed by atoms with Crippen molar-refractivity contribution < 1.29 is 4.79 Å². The molecule has 120 valence electrons. The fourth-order valence-corrected chi connectivity index (χ4v) is 4.01. The third kappa shape index (κ3) is 2.77. The molecule has 2 unspecified atom stereocenters. The fourth-order valence-electron chi connectivity index (χ4n) is 3.03. The zero-order valence-corrected chi connectivity index (χ0v) is 14.5. The molecule has 3 heterocycles. The van der Waals surface area contributed by atoms with Crippen LogP contribution < -0.4 is 10.6 Å². The minimum absolute atomic E-state index is 0.0384. The van der Waals surface area contributed by atoms with E-state index in [1.54, 1.807) is 0 Å². The third-order valence-electron chi connectivity index (χ3n) is 4.45. The lowest BCUT2D eigenvalue weighted by Crippen LogP contribution is -2.50. The third-order valence-corrected chi connectivity index (χ3v) is 5.66. The number of hydrogen-bond acceptors (Lipinski definition) is 4. The Bertz CT molecular complexity index is 688. The lowest BCUT2D eigenvalue weighted by molar-refractivity contribution is 0.0919. The summed E-state index contributed by atoms with van der Waals surface area (Å²) in [4.78, 5) is 14.4. The van der Waals surface area contributed by atoms with E-state index in [9.17, 15) is 4.79 Å². The summed E-state index contributed by atoms with van der Waals surface area (Å²) in [6.45, 7) is 8.37. The predicted octanol–water partition coefficient (Wildman–Crippen LogP) is 2.49. The minimum atomic E-state index is 0.0384. The monoisotopic (exact) mass is 320 g/mol. The van der Waals surface area contributed by atoms with Gasteiger partial charge in [-0.2, -0.15) is 5.10 Å². The van der Waals surface area contributed by atoms with Gasteiger partial charge in [0, 0.05) is 25.0 Å². The summed E-state index contributed by atoms with van der Waals surface area (Å²) in [5, 5.41) is 12.2. The SMILES string of the molecule is CC(C)c1nn(C)c2sc(C(=O)NC3CNCCC3C)cc12. The first-order valence-corrected chi connectivity index (χ1v) is 8.77. The second kappa shape index (κ2) is 6.01. The van der Waals surface area contributed by atoms with Crippen LogP contribution in [0.1, 0.15) is 48.5 Å². The maximum Gasteiger partial charge on any atom is 0.261 e. The number of carbonyl (C=O) groups is 1. The first-order valence-electron chi connectivity index (χ1n) is 7.95. The Kier molecular flexibility index (Phi) is 4.23. The largest absolute Gasteiger partial charge is 0.347 e. The number of rotatable bonds is 3. The van der Waals surface area contributed by atoms with Gasteiger partial charge in [0.2, 0.25) is 0 Å². The number of amides is 1. The lowest BCUT2D eigenvalue weighted by atomic mass is 9.95. The summed E-state index contributed by atoms with van der Waals surface area (Å²) in [5.74, 6) is 0.917. The molecule has 1 saturated heterocycles. The van der Waals surface area contributed by atoms with Crippen molar-refractivity contribution in [1.29, 1.82) is 0 Å². The van der Waals surface area contributed by atoms with E-state index >= 15 is 0 Å². The Morgan fingerprint density at radius 2 is 2.32 bits per heavy atom. The van der Waals surface area contributed by atoms with Gasteiger partial charge in [-0.25, -0.2) is 0 Å². The zero-order chi connectivity index (χ0) is 15.9. The molecule has 1 amide bonds. The molecule has 0 aliphatic carbocycles. The van der Waals surface area contributed by atoms with Crippen LogP contribution in [0.2, 0.25) is 0 Å². The maximum atomic E-state index is 12.6. The maximum absolute atomic E-state index is 12.6. The standard InChI is InChI=1S/C16H24N4OS/c1-9(2)14-11-7-13(22-16(11)20(4)19-14)15(21)18-12-8-17-6-5-10(12)3/h7,9-10,12,17H,5-6,8H2,1-4H3,(H,18,21). The number of hydrogen-bond donors (Lipinski definition) is 2. The molecule has 0 saturated carbocycles. The average Bonchev–Trinajstić information content (AvgIpc) is 3.02. The molecule has 2 atom stereocenters. The van der Waals surface area contributed by atoms with Gasteiger partial charge in [-0.05, 0) is 30.9 Å². The van der Waals surface area contributed by atoms with Gasteiger partial charge in [-0.3, -0.25) is 9.48 Å². The molecule has 2 aromatic heterocycles. The quantitative estimate of drug-likeness (QED) is 0.913. The first kappa shape index (κ1) is 15.5. The van der Waals surface area contributed by atoms with Gasteiger partial charge in [0.05, 0.1) is 10.6 Å². The van der Waals surface area contributed by atoms with Gasteiger partial charge in [0.25, 0.3) is 5.91 Å². The number of aryl methyl sites for hydroxylation is 1. The Morgan fingerprint density at radius 3 is 3.00 bits per heavy atom. The van der Waals surface area contributed by atoms with Crippen molar-refractivity contribution in [3.8, 4) is 0 Å². The normalized spacial score (nSPS) is 22.4. The van der Waals surface area contributed by atoms with Crippen LogP contribution in [0.3, 0.4) is 0 Å². The fraction of sp³-hybridized carbons (Fsp3) is 0.625. The topological polar surface area (TPSA) is 59.0 Å². The van der Waals surface area contributed by atoms with Gasteiger partial charge >= 0.3 is 0 Å². The van der Waals surface area contributed by atoms with Crippen LogP contribution in [0.4, 0.5) is 0 Å². The molecule has 1 aliphatic heterocycles. The van der Waals surface area contributed by atoms with Crippen LogP contribution in [-0.2, 0) is 7.05 Å². The Morgan fingerprint density at radius 1 is 1.55 bits per heavy atom. The number of fused-ring (bicyclic) bond motifs is 1. The highest BCUT2D eigenvalue weighted by atomic mass is 32.1. The van der Waals surface area contributed by atoms with Crippen LogP contribution >= 0.6 is 11.3 Å². The predicted molar refractivity (Wildman–Crippen MR) is 90.6 cm³/mol. The van der Waals surface area contributed by atoms with Crippen molar-refractivity contribution in [1.82, 2.24) is 20.4 Å². The van der Waals surface area contributed by atoms with Gasteiger partial charge in [0.1, 0.15) is 4.83 Å². The molecule has 2 aromatic rings. The van der Waals surface area contributed by atoms with Crippen LogP contribution in [0.15, 0.2) is 6.07 Å². The number of nitrogens with zero attached hydrogens (tertiary/aromatic N) is 2. The summed E-state index contributed by atoms with van der Waals surface area (Å²) in [6, 6.07) is 2.22. The van der Waals surface area contributed by atoms with Crippen LogP contribution in [-0.4, -0.2) is 34.8 Å². The summed E-state index contributed by atoms with van der Waals surface area (Å²) in [5.41, 5.74) is 1.07. The Hall–Kier alpha value is -1.40. The summed E-state index contributed by atoms with van der Waals surface area (Å²) in [7, 11) is 1.94. The molecule has 2 N–H and O–H groups in total. The smallest absolute Gasteiger partial charge is 0.261 e. The van der Waals surface area contributed by atoms with E-state index in [-0.39, 0.29) is 11.9 Å². The van der Waals surface area contributed by atoms with E-state index in [1.807, 2.05) is 17.8 Å². The molecular formula is C16H24N4OS. The molecule has 22 heavy (non-hydrogen) atoms. The Balaban J connectivity index is 1.83. The van der Waals surface area contributed by atoms with Gasteiger partial charge in [-0.15, -0.1) is 11.3 Å². The molecule has 3 rings (SSSR count). The molecular weight excluding hydrogens is 296 g/mol. The first-order chi connectivity index (χ1) is 10.5.